The van der Waals surface area contributed by atoms with Gasteiger partial charge in [-0.05, 0) is 42.3 Å². The van der Waals surface area contributed by atoms with Gasteiger partial charge in [0.15, 0.2) is 0 Å². The third-order valence-corrected chi connectivity index (χ3v) is 5.29. The largest absolute Gasteiger partial charge is 0.495 e. The van der Waals surface area contributed by atoms with E-state index in [0.717, 1.165) is 24.0 Å². The van der Waals surface area contributed by atoms with Crippen LogP contribution >= 0.6 is 0 Å². The van der Waals surface area contributed by atoms with Crippen LogP contribution in [0.2, 0.25) is 0 Å². The summed E-state index contributed by atoms with van der Waals surface area (Å²) in [6, 6.07) is 13.0. The molecule has 3 heterocycles. The molecule has 180 valence electrons. The molecule has 4 aromatic rings. The van der Waals surface area contributed by atoms with Crippen molar-refractivity contribution in [1.29, 1.82) is 0 Å². The summed E-state index contributed by atoms with van der Waals surface area (Å²) in [5, 5.41) is 6.35. The topological polar surface area (TPSA) is 102 Å². The van der Waals surface area contributed by atoms with Crippen molar-refractivity contribution in [3.05, 3.63) is 90.8 Å². The molecule has 0 aliphatic carbocycles. The minimum atomic E-state index is -0.262. The van der Waals surface area contributed by atoms with Crippen LogP contribution in [-0.2, 0) is 0 Å². The number of nitrogens with one attached hydrogen (secondary N) is 2. The lowest BCUT2D eigenvalue weighted by molar-refractivity contribution is 0.102. The van der Waals surface area contributed by atoms with Crippen LogP contribution in [0.3, 0.4) is 0 Å². The van der Waals surface area contributed by atoms with E-state index in [1.807, 2.05) is 24.4 Å². The average molecular weight is 471 g/mol. The number of amides is 1. The number of ether oxygens (including phenoxy) is 1. The lowest BCUT2D eigenvalue weighted by Crippen LogP contribution is -2.13. The van der Waals surface area contributed by atoms with Gasteiger partial charge in [0, 0.05) is 30.4 Å². The highest BCUT2D eigenvalue weighted by atomic mass is 16.5. The van der Waals surface area contributed by atoms with Gasteiger partial charge in [0.1, 0.15) is 11.6 Å². The second kappa shape index (κ2) is 12.2. The van der Waals surface area contributed by atoms with Crippen molar-refractivity contribution >= 4 is 17.4 Å². The van der Waals surface area contributed by atoms with Gasteiger partial charge in [-0.25, -0.2) is 4.98 Å². The number of carbonyl (C=O) groups is 1. The number of aromatic nitrogens is 4. The predicted octanol–water partition coefficient (Wildman–Crippen LogP) is 5.78. The number of carbonyl (C=O) groups excluding carboxylic acids is 1. The minimum absolute atomic E-state index is 0. The van der Waals surface area contributed by atoms with Crippen molar-refractivity contribution in [2.24, 2.45) is 0 Å². The molecule has 0 fully saturated rings. The lowest BCUT2D eigenvalue weighted by atomic mass is 10.0. The summed E-state index contributed by atoms with van der Waals surface area (Å²) in [6.45, 7) is 2.15. The Balaban J connectivity index is 0.00000342. The second-order valence-corrected chi connectivity index (χ2v) is 7.67. The van der Waals surface area contributed by atoms with Crippen LogP contribution in [0, 0.1) is 0 Å². The number of methoxy groups -OCH3 is 1. The normalized spacial score (nSPS) is 11.1. The van der Waals surface area contributed by atoms with Crippen molar-refractivity contribution in [3.63, 3.8) is 0 Å². The van der Waals surface area contributed by atoms with E-state index in [0.29, 0.717) is 28.5 Å². The van der Waals surface area contributed by atoms with Crippen molar-refractivity contribution in [2.75, 3.05) is 17.7 Å². The molecule has 4 rings (SSSR count). The van der Waals surface area contributed by atoms with E-state index >= 15 is 0 Å². The molecule has 0 saturated heterocycles. The molecular weight excluding hydrogens is 440 g/mol. The Morgan fingerprint density at radius 2 is 1.80 bits per heavy atom. The van der Waals surface area contributed by atoms with Crippen LogP contribution in [0.15, 0.2) is 79.6 Å². The van der Waals surface area contributed by atoms with Gasteiger partial charge in [0.25, 0.3) is 5.91 Å². The molecule has 0 aliphatic heterocycles. The Morgan fingerprint density at radius 1 is 1.00 bits per heavy atom. The van der Waals surface area contributed by atoms with Crippen molar-refractivity contribution in [3.8, 4) is 17.0 Å². The molecule has 1 atom stereocenters. The summed E-state index contributed by atoms with van der Waals surface area (Å²) in [5.74, 6) is 0.935. The Bertz CT molecular complexity index is 1230. The highest BCUT2D eigenvalue weighted by molar-refractivity contribution is 6.05. The maximum atomic E-state index is 12.5. The molecule has 35 heavy (non-hydrogen) atoms. The summed E-state index contributed by atoms with van der Waals surface area (Å²) in [6.07, 6.45) is 12.1. The number of hydrogen-bond donors (Lipinski definition) is 2. The predicted molar refractivity (Wildman–Crippen MR) is 138 cm³/mol. The van der Waals surface area contributed by atoms with Crippen molar-refractivity contribution in [1.82, 2.24) is 19.9 Å². The number of rotatable bonds is 9. The van der Waals surface area contributed by atoms with Crippen LogP contribution < -0.4 is 15.4 Å². The smallest absolute Gasteiger partial charge is 0.257 e. The summed E-state index contributed by atoms with van der Waals surface area (Å²) < 4.78 is 5.53. The monoisotopic (exact) mass is 470 g/mol. The Morgan fingerprint density at radius 3 is 2.49 bits per heavy atom. The summed E-state index contributed by atoms with van der Waals surface area (Å²) in [7, 11) is 1.56. The van der Waals surface area contributed by atoms with Crippen LogP contribution in [0.5, 0.6) is 5.75 Å². The summed E-state index contributed by atoms with van der Waals surface area (Å²) in [4.78, 5) is 29.9. The van der Waals surface area contributed by atoms with Gasteiger partial charge in [-0.2, -0.15) is 0 Å². The molecule has 1 aromatic carbocycles. The van der Waals surface area contributed by atoms with Crippen molar-refractivity contribution < 1.29 is 9.53 Å². The molecule has 8 heteroatoms. The SMILES string of the molecule is C.CCCC(Nc1cncc(-c2ccc(NC(=O)c3cccnc3)c(OC)c2)n1)c1cccnc1. The van der Waals surface area contributed by atoms with E-state index in [4.69, 9.17) is 9.72 Å². The highest BCUT2D eigenvalue weighted by Crippen LogP contribution is 2.31. The van der Waals surface area contributed by atoms with Gasteiger partial charge in [0.05, 0.1) is 42.5 Å². The van der Waals surface area contributed by atoms with Gasteiger partial charge in [-0.1, -0.05) is 32.9 Å². The number of nitrogens with zero attached hydrogens (tertiary/aromatic N) is 4. The van der Waals surface area contributed by atoms with Crippen LogP contribution in [-0.4, -0.2) is 33.0 Å². The van der Waals surface area contributed by atoms with Crippen LogP contribution in [0.1, 0.15) is 49.2 Å². The first-order chi connectivity index (χ1) is 16.7. The van der Waals surface area contributed by atoms with Gasteiger partial charge >= 0.3 is 0 Å². The fraction of sp³-hybridized carbons (Fsp3) is 0.222. The Kier molecular flexibility index (Phi) is 8.83. The third-order valence-electron chi connectivity index (χ3n) is 5.29. The summed E-state index contributed by atoms with van der Waals surface area (Å²) >= 11 is 0. The molecule has 1 amide bonds. The van der Waals surface area contributed by atoms with Gasteiger partial charge in [-0.15, -0.1) is 0 Å². The number of hydrogen-bond acceptors (Lipinski definition) is 7. The Labute approximate surface area is 205 Å². The number of anilines is 2. The maximum Gasteiger partial charge on any atom is 0.257 e. The molecule has 2 N–H and O–H groups in total. The molecule has 3 aromatic heterocycles. The first-order valence-corrected chi connectivity index (χ1v) is 11.1. The molecule has 0 spiro atoms. The molecule has 0 saturated carbocycles. The van der Waals surface area contributed by atoms with Crippen LogP contribution in [0.25, 0.3) is 11.3 Å². The van der Waals surface area contributed by atoms with E-state index in [1.165, 1.54) is 6.20 Å². The lowest BCUT2D eigenvalue weighted by Gasteiger charge is -2.19. The average Bonchev–Trinajstić information content (AvgIpc) is 2.90. The van der Waals surface area contributed by atoms with Gasteiger partial charge < -0.3 is 15.4 Å². The zero-order chi connectivity index (χ0) is 23.8. The second-order valence-electron chi connectivity index (χ2n) is 7.67. The number of benzene rings is 1. The number of pyridine rings is 2. The third kappa shape index (κ3) is 6.38. The molecule has 0 bridgehead atoms. The van der Waals surface area contributed by atoms with Gasteiger partial charge in [-0.3, -0.25) is 19.7 Å². The molecule has 0 radical (unpaired) electrons. The first-order valence-electron chi connectivity index (χ1n) is 11.1. The van der Waals surface area contributed by atoms with E-state index in [-0.39, 0.29) is 19.4 Å². The Hall–Kier alpha value is -4.33. The van der Waals surface area contributed by atoms with E-state index in [2.05, 4.69) is 38.6 Å². The van der Waals surface area contributed by atoms with Crippen molar-refractivity contribution in [2.45, 2.75) is 33.2 Å². The fourth-order valence-electron chi connectivity index (χ4n) is 3.59. The zero-order valence-corrected chi connectivity index (χ0v) is 19.1. The standard InChI is InChI=1S/C26H26N6O2.CH4/c1-3-6-21(19-7-4-11-27-14-19)30-25-17-29-16-23(31-25)18-9-10-22(24(13-18)34-2)32-26(33)20-8-5-12-28-15-20;/h4-5,7-17,21H,3,6H2,1-2H3,(H,30,31)(H,32,33);1H4. The minimum Gasteiger partial charge on any atom is -0.495 e. The zero-order valence-electron chi connectivity index (χ0n) is 19.1. The summed E-state index contributed by atoms with van der Waals surface area (Å²) in [5.41, 5.74) is 3.64. The van der Waals surface area contributed by atoms with Crippen LogP contribution in [0.4, 0.5) is 11.5 Å². The van der Waals surface area contributed by atoms with E-state index < -0.39 is 0 Å². The maximum absolute atomic E-state index is 12.5. The molecule has 8 nitrogen and oxygen atoms in total. The first kappa shape index (κ1) is 25.3. The van der Waals surface area contributed by atoms with E-state index in [9.17, 15) is 4.79 Å². The van der Waals surface area contributed by atoms with Gasteiger partial charge in [0.2, 0.25) is 0 Å². The molecular formula is C27H30N6O2. The van der Waals surface area contributed by atoms with E-state index in [1.54, 1.807) is 50.1 Å². The fourth-order valence-corrected chi connectivity index (χ4v) is 3.59. The highest BCUT2D eigenvalue weighted by Gasteiger charge is 2.14. The molecule has 1 unspecified atom stereocenters. The quantitative estimate of drug-likeness (QED) is 0.319. The molecule has 0 aliphatic rings.